The number of nitriles is 1. The molecule has 0 amide bonds. The van der Waals surface area contributed by atoms with Crippen LogP contribution in [0.25, 0.3) is 22.6 Å². The van der Waals surface area contributed by atoms with Gasteiger partial charge in [0.25, 0.3) is 5.56 Å². The molecule has 38 heavy (non-hydrogen) atoms. The van der Waals surface area contributed by atoms with Crippen molar-refractivity contribution in [3.05, 3.63) is 98.0 Å². The number of aliphatic hydroxyl groups excluding tert-OH is 1. The van der Waals surface area contributed by atoms with Crippen LogP contribution in [0.15, 0.2) is 64.3 Å². The van der Waals surface area contributed by atoms with Crippen molar-refractivity contribution in [1.82, 2.24) is 18.9 Å². The molecule has 4 aromatic rings. The molecule has 1 N–H and O–H groups in total. The fraction of sp³-hybridized carbons (Fsp3) is 0.259. The summed E-state index contributed by atoms with van der Waals surface area (Å²) in [6, 6.07) is 12.8. The van der Waals surface area contributed by atoms with Crippen molar-refractivity contribution in [1.29, 1.82) is 5.26 Å². The van der Waals surface area contributed by atoms with Crippen LogP contribution in [-0.4, -0.2) is 30.6 Å². The second-order valence-corrected chi connectivity index (χ2v) is 8.98. The fourth-order valence-corrected chi connectivity index (χ4v) is 4.35. The molecule has 0 radical (unpaired) electrons. The summed E-state index contributed by atoms with van der Waals surface area (Å²) in [5.41, 5.74) is -0.451. The van der Waals surface area contributed by atoms with E-state index in [0.29, 0.717) is 22.5 Å². The Kier molecular flexibility index (Phi) is 7.11. The summed E-state index contributed by atoms with van der Waals surface area (Å²) >= 11 is 0. The smallest absolute Gasteiger partial charge is 0.395 e. The van der Waals surface area contributed by atoms with E-state index in [2.05, 4.69) is 5.10 Å². The highest BCUT2D eigenvalue weighted by Gasteiger charge is 2.31. The van der Waals surface area contributed by atoms with Gasteiger partial charge in [0.1, 0.15) is 0 Å². The molecule has 0 atom stereocenters. The number of aliphatic hydroxyl groups is 1. The van der Waals surface area contributed by atoms with E-state index < -0.39 is 29.6 Å². The van der Waals surface area contributed by atoms with Gasteiger partial charge in [0.2, 0.25) is 0 Å². The van der Waals surface area contributed by atoms with E-state index in [1.54, 1.807) is 30.5 Å². The normalized spacial score (nSPS) is 11.7. The number of nitrogens with zero attached hydrogens (tertiary/aromatic N) is 5. The van der Waals surface area contributed by atoms with Gasteiger partial charge in [0.15, 0.2) is 0 Å². The van der Waals surface area contributed by atoms with Crippen LogP contribution in [0, 0.1) is 18.3 Å². The van der Waals surface area contributed by atoms with Crippen LogP contribution in [-0.2, 0) is 12.7 Å². The number of rotatable bonds is 6. The van der Waals surface area contributed by atoms with Gasteiger partial charge < -0.3 is 5.11 Å². The van der Waals surface area contributed by atoms with Crippen LogP contribution in [0.5, 0.6) is 0 Å². The van der Waals surface area contributed by atoms with E-state index in [4.69, 9.17) is 5.26 Å². The second kappa shape index (κ2) is 10.1. The van der Waals surface area contributed by atoms with Crippen LogP contribution in [0.4, 0.5) is 13.2 Å². The molecule has 2 aromatic carbocycles. The summed E-state index contributed by atoms with van der Waals surface area (Å²) in [5, 5.41) is 23.2. The van der Waals surface area contributed by atoms with E-state index in [9.17, 15) is 27.9 Å². The molecule has 0 fully saturated rings. The second-order valence-electron chi connectivity index (χ2n) is 8.98. The number of aromatic nitrogens is 4. The number of alkyl halides is 3. The van der Waals surface area contributed by atoms with Crippen LogP contribution in [0.2, 0.25) is 0 Å². The standard InChI is InChI=1S/C27H24F3N5O3/c1-16(2)22-15-32-35(20-9-7-18(14-31)8-10-20)24(22)23-17(3)34(26(38)33(11-12-36)25(23)37)21-6-4-5-19(13-21)27(28,29)30/h4-10,13,15-16,36H,11-12H2,1-3H3. The van der Waals surface area contributed by atoms with Gasteiger partial charge in [-0.2, -0.15) is 23.5 Å². The predicted molar refractivity (Wildman–Crippen MR) is 134 cm³/mol. The summed E-state index contributed by atoms with van der Waals surface area (Å²) in [7, 11) is 0. The highest BCUT2D eigenvalue weighted by atomic mass is 19.4. The average molecular weight is 524 g/mol. The lowest BCUT2D eigenvalue weighted by Gasteiger charge is -2.20. The van der Waals surface area contributed by atoms with E-state index in [-0.39, 0.29) is 29.4 Å². The third-order valence-corrected chi connectivity index (χ3v) is 6.23. The third kappa shape index (κ3) is 4.66. The predicted octanol–water partition coefficient (Wildman–Crippen LogP) is 4.17. The maximum absolute atomic E-state index is 13.7. The molecular formula is C27H24F3N5O3. The minimum absolute atomic E-state index is 0.0565. The van der Waals surface area contributed by atoms with Gasteiger partial charge >= 0.3 is 11.9 Å². The largest absolute Gasteiger partial charge is 0.416 e. The van der Waals surface area contributed by atoms with E-state index >= 15 is 0 Å². The highest BCUT2D eigenvalue weighted by Crippen LogP contribution is 2.33. The van der Waals surface area contributed by atoms with Crippen molar-refractivity contribution >= 4 is 0 Å². The van der Waals surface area contributed by atoms with Crippen molar-refractivity contribution in [3.8, 4) is 28.7 Å². The SMILES string of the molecule is Cc1c(-c2c(C(C)C)cnn2-c2ccc(C#N)cc2)c(=O)n(CCO)c(=O)n1-c1cccc(C(F)(F)F)c1. The van der Waals surface area contributed by atoms with Gasteiger partial charge in [-0.05, 0) is 55.3 Å². The molecule has 0 aliphatic rings. The first-order valence-electron chi connectivity index (χ1n) is 11.7. The monoisotopic (exact) mass is 523 g/mol. The van der Waals surface area contributed by atoms with Crippen molar-refractivity contribution in [3.63, 3.8) is 0 Å². The summed E-state index contributed by atoms with van der Waals surface area (Å²) in [4.78, 5) is 27.2. The Morgan fingerprint density at radius 3 is 2.34 bits per heavy atom. The Morgan fingerprint density at radius 2 is 1.76 bits per heavy atom. The lowest BCUT2D eigenvalue weighted by Crippen LogP contribution is -2.42. The van der Waals surface area contributed by atoms with Gasteiger partial charge in [-0.15, -0.1) is 0 Å². The number of hydrogen-bond acceptors (Lipinski definition) is 5. The quantitative estimate of drug-likeness (QED) is 0.409. The van der Waals surface area contributed by atoms with Crippen molar-refractivity contribution in [2.24, 2.45) is 0 Å². The van der Waals surface area contributed by atoms with E-state index in [1.165, 1.54) is 23.7 Å². The summed E-state index contributed by atoms with van der Waals surface area (Å²) in [6.07, 6.45) is -3.05. The van der Waals surface area contributed by atoms with E-state index in [1.807, 2.05) is 19.9 Å². The third-order valence-electron chi connectivity index (χ3n) is 6.23. The van der Waals surface area contributed by atoms with E-state index in [0.717, 1.165) is 21.3 Å². The molecule has 0 saturated carbocycles. The zero-order chi connectivity index (χ0) is 27.8. The van der Waals surface area contributed by atoms with Crippen molar-refractivity contribution in [2.45, 2.75) is 39.4 Å². The molecule has 11 heteroatoms. The first kappa shape index (κ1) is 26.6. The molecule has 0 bridgehead atoms. The summed E-state index contributed by atoms with van der Waals surface area (Å²) < 4.78 is 43.8. The summed E-state index contributed by atoms with van der Waals surface area (Å²) in [5.74, 6) is -0.115. The lowest BCUT2D eigenvalue weighted by atomic mass is 9.98. The van der Waals surface area contributed by atoms with Crippen molar-refractivity contribution < 1.29 is 18.3 Å². The first-order chi connectivity index (χ1) is 18.0. The molecule has 0 unspecified atom stereocenters. The molecule has 196 valence electrons. The van der Waals surface area contributed by atoms with Gasteiger partial charge in [0.05, 0.1) is 59.2 Å². The lowest BCUT2D eigenvalue weighted by molar-refractivity contribution is -0.137. The van der Waals surface area contributed by atoms with Crippen LogP contribution >= 0.6 is 0 Å². The molecular weight excluding hydrogens is 499 g/mol. The number of halogens is 3. The molecule has 2 aromatic heterocycles. The average Bonchev–Trinajstić information content (AvgIpc) is 3.31. The summed E-state index contributed by atoms with van der Waals surface area (Å²) in [6.45, 7) is 4.39. The Balaban J connectivity index is 2.11. The van der Waals surface area contributed by atoms with Gasteiger partial charge in [0, 0.05) is 11.3 Å². The van der Waals surface area contributed by atoms with Gasteiger partial charge in [-0.1, -0.05) is 19.9 Å². The molecule has 0 saturated heterocycles. The van der Waals surface area contributed by atoms with Crippen molar-refractivity contribution in [2.75, 3.05) is 6.61 Å². The Hall–Kier alpha value is -4.43. The maximum Gasteiger partial charge on any atom is 0.416 e. The van der Waals surface area contributed by atoms with Gasteiger partial charge in [-0.3, -0.25) is 13.9 Å². The maximum atomic E-state index is 13.7. The highest BCUT2D eigenvalue weighted by molar-refractivity contribution is 5.69. The number of benzene rings is 2. The molecule has 2 heterocycles. The minimum atomic E-state index is -4.64. The zero-order valence-corrected chi connectivity index (χ0v) is 20.8. The molecule has 4 rings (SSSR count). The van der Waals surface area contributed by atoms with Crippen LogP contribution in [0.1, 0.15) is 42.1 Å². The Morgan fingerprint density at radius 1 is 1.08 bits per heavy atom. The Bertz CT molecular complexity index is 1660. The van der Waals surface area contributed by atoms with Crippen LogP contribution in [0.3, 0.4) is 0 Å². The molecule has 8 nitrogen and oxygen atoms in total. The first-order valence-corrected chi connectivity index (χ1v) is 11.7. The molecule has 0 aliphatic carbocycles. The van der Waals surface area contributed by atoms with Crippen LogP contribution < -0.4 is 11.2 Å². The van der Waals surface area contributed by atoms with Gasteiger partial charge in [-0.25, -0.2) is 9.48 Å². The topological polar surface area (TPSA) is 106 Å². The molecule has 0 spiro atoms. The minimum Gasteiger partial charge on any atom is -0.395 e. The Labute approximate surface area is 215 Å². The molecule has 0 aliphatic heterocycles. The fourth-order valence-electron chi connectivity index (χ4n) is 4.35. The number of hydrogen-bond donors (Lipinski definition) is 1. The zero-order valence-electron chi connectivity index (χ0n) is 20.8.